The van der Waals surface area contributed by atoms with Crippen molar-refractivity contribution in [2.45, 2.75) is 52.1 Å². The number of ether oxygens (including phenoxy) is 2. The summed E-state index contributed by atoms with van der Waals surface area (Å²) in [6.07, 6.45) is 8.40. The Kier molecular flexibility index (Phi) is 5.19. The minimum Gasteiger partial charge on any atom is -0.491 e. The summed E-state index contributed by atoms with van der Waals surface area (Å²) >= 11 is 0. The van der Waals surface area contributed by atoms with Crippen LogP contribution in [0.5, 0.6) is 11.5 Å². The lowest BCUT2D eigenvalue weighted by atomic mass is 9.96. The van der Waals surface area contributed by atoms with E-state index in [-0.39, 0.29) is 5.63 Å². The highest BCUT2D eigenvalue weighted by Crippen LogP contribution is 2.44. The van der Waals surface area contributed by atoms with Crippen molar-refractivity contribution >= 4 is 17.0 Å². The number of nitrogens with zero attached hydrogens (tertiary/aromatic N) is 1. The highest BCUT2D eigenvalue weighted by Gasteiger charge is 2.28. The zero-order valence-corrected chi connectivity index (χ0v) is 17.0. The van der Waals surface area contributed by atoms with Gasteiger partial charge in [0.15, 0.2) is 0 Å². The van der Waals surface area contributed by atoms with Crippen molar-refractivity contribution in [2.24, 2.45) is 0 Å². The van der Waals surface area contributed by atoms with E-state index in [1.807, 2.05) is 26.0 Å². The normalized spacial score (nSPS) is 18.2. The van der Waals surface area contributed by atoms with Gasteiger partial charge in [0.1, 0.15) is 29.3 Å². The van der Waals surface area contributed by atoms with Crippen molar-refractivity contribution < 1.29 is 13.9 Å². The van der Waals surface area contributed by atoms with Crippen LogP contribution in [0, 0.1) is 0 Å². The Labute approximate surface area is 165 Å². The van der Waals surface area contributed by atoms with E-state index in [0.717, 1.165) is 54.7 Å². The fourth-order valence-electron chi connectivity index (χ4n) is 4.09. The van der Waals surface area contributed by atoms with Gasteiger partial charge in [-0.2, -0.15) is 0 Å². The predicted octanol–water partition coefficient (Wildman–Crippen LogP) is 4.40. The summed E-state index contributed by atoms with van der Waals surface area (Å²) < 4.78 is 18.0. The van der Waals surface area contributed by atoms with Crippen LogP contribution < -0.4 is 15.1 Å². The number of hydrogen-bond acceptors (Lipinski definition) is 5. The van der Waals surface area contributed by atoms with Crippen LogP contribution in [0.15, 0.2) is 27.4 Å². The fraction of sp³-hybridized carbons (Fsp3) is 0.522. The van der Waals surface area contributed by atoms with Gasteiger partial charge in [-0.25, -0.2) is 4.79 Å². The molecule has 2 aromatic rings. The molecule has 0 amide bonds. The first-order valence-electron chi connectivity index (χ1n) is 10.3. The minimum absolute atomic E-state index is 0.329. The molecule has 0 N–H and O–H groups in total. The third-order valence-corrected chi connectivity index (χ3v) is 5.47. The molecule has 2 aliphatic heterocycles. The molecule has 0 atom stereocenters. The van der Waals surface area contributed by atoms with Crippen LogP contribution in [0.3, 0.4) is 0 Å². The zero-order valence-electron chi connectivity index (χ0n) is 17.0. The topological polar surface area (TPSA) is 51.9 Å². The van der Waals surface area contributed by atoms with E-state index in [1.165, 1.54) is 12.8 Å². The van der Waals surface area contributed by atoms with Crippen molar-refractivity contribution in [3.63, 3.8) is 0 Å². The van der Waals surface area contributed by atoms with Crippen LogP contribution in [-0.2, 0) is 6.42 Å². The average Bonchev–Trinajstić information content (AvgIpc) is 3.14. The third-order valence-electron chi connectivity index (χ3n) is 5.47. The van der Waals surface area contributed by atoms with Crippen LogP contribution in [0.2, 0.25) is 0 Å². The maximum atomic E-state index is 12.1. The average molecular weight is 383 g/mol. The van der Waals surface area contributed by atoms with Gasteiger partial charge in [0.05, 0.1) is 10.9 Å². The predicted molar refractivity (Wildman–Crippen MR) is 111 cm³/mol. The highest BCUT2D eigenvalue weighted by atomic mass is 16.5. The second-order valence-corrected chi connectivity index (χ2v) is 8.27. The number of fused-ring (bicyclic) bond motifs is 3. The van der Waals surface area contributed by atoms with Gasteiger partial charge in [0, 0.05) is 18.7 Å². The first kappa shape index (κ1) is 19.1. The summed E-state index contributed by atoms with van der Waals surface area (Å²) in [6.45, 7) is 9.96. The molecule has 150 valence electrons. The van der Waals surface area contributed by atoms with Crippen molar-refractivity contribution in [2.75, 3.05) is 26.2 Å². The first-order chi connectivity index (χ1) is 13.5. The van der Waals surface area contributed by atoms with Gasteiger partial charge in [0.2, 0.25) is 0 Å². The van der Waals surface area contributed by atoms with E-state index in [2.05, 4.69) is 17.9 Å². The van der Waals surface area contributed by atoms with E-state index in [9.17, 15) is 4.79 Å². The van der Waals surface area contributed by atoms with E-state index in [1.54, 1.807) is 6.07 Å². The molecule has 5 heteroatoms. The minimum atomic E-state index is -0.423. The van der Waals surface area contributed by atoms with Crippen molar-refractivity contribution in [1.29, 1.82) is 0 Å². The van der Waals surface area contributed by atoms with E-state index in [4.69, 9.17) is 13.9 Å². The monoisotopic (exact) mass is 383 g/mol. The Bertz CT molecular complexity index is 951. The Balaban J connectivity index is 1.76. The molecule has 0 radical (unpaired) electrons. The number of hydrogen-bond donors (Lipinski definition) is 0. The largest absolute Gasteiger partial charge is 0.491 e. The molecule has 4 rings (SSSR count). The molecule has 1 aromatic carbocycles. The maximum Gasteiger partial charge on any atom is 0.336 e. The van der Waals surface area contributed by atoms with Gasteiger partial charge in [-0.05, 0) is 63.9 Å². The summed E-state index contributed by atoms with van der Waals surface area (Å²) in [7, 11) is 0. The molecular weight excluding hydrogens is 354 g/mol. The molecular formula is C23H29NO4. The molecule has 0 spiro atoms. The van der Waals surface area contributed by atoms with Crippen LogP contribution in [0.4, 0.5) is 0 Å². The van der Waals surface area contributed by atoms with Gasteiger partial charge in [-0.1, -0.05) is 13.3 Å². The van der Waals surface area contributed by atoms with Crippen molar-refractivity contribution in [3.05, 3.63) is 39.8 Å². The summed E-state index contributed by atoms with van der Waals surface area (Å²) in [5.74, 6) is 1.47. The number of rotatable bonds is 6. The molecule has 28 heavy (non-hydrogen) atoms. The Morgan fingerprint density at radius 2 is 2.00 bits per heavy atom. The summed E-state index contributed by atoms with van der Waals surface area (Å²) in [5.41, 5.74) is 1.69. The SMILES string of the molecule is CCCc1cc(=O)oc2cc(OCCN3CCCC3)c3c(c12)OC(C)(C)C=C3. The van der Waals surface area contributed by atoms with Crippen LogP contribution >= 0.6 is 0 Å². The van der Waals surface area contributed by atoms with E-state index in [0.29, 0.717) is 17.9 Å². The Morgan fingerprint density at radius 1 is 1.21 bits per heavy atom. The maximum absolute atomic E-state index is 12.1. The van der Waals surface area contributed by atoms with E-state index < -0.39 is 5.60 Å². The van der Waals surface area contributed by atoms with Gasteiger partial charge in [0.25, 0.3) is 0 Å². The molecule has 1 aromatic heterocycles. The molecule has 0 unspecified atom stereocenters. The lowest BCUT2D eigenvalue weighted by Crippen LogP contribution is -2.28. The lowest BCUT2D eigenvalue weighted by Gasteiger charge is -2.30. The number of benzene rings is 1. The van der Waals surface area contributed by atoms with Crippen LogP contribution in [-0.4, -0.2) is 36.7 Å². The molecule has 5 nitrogen and oxygen atoms in total. The number of likely N-dealkylation sites (tertiary alicyclic amines) is 1. The highest BCUT2D eigenvalue weighted by molar-refractivity contribution is 5.94. The molecule has 1 saturated heterocycles. The quantitative estimate of drug-likeness (QED) is 0.692. The molecule has 0 aliphatic carbocycles. The second-order valence-electron chi connectivity index (χ2n) is 8.27. The van der Waals surface area contributed by atoms with Gasteiger partial charge < -0.3 is 13.9 Å². The van der Waals surface area contributed by atoms with Gasteiger partial charge in [-0.3, -0.25) is 4.90 Å². The first-order valence-corrected chi connectivity index (χ1v) is 10.3. The molecule has 0 saturated carbocycles. The summed E-state index contributed by atoms with van der Waals surface area (Å²) in [4.78, 5) is 14.5. The van der Waals surface area contributed by atoms with Gasteiger partial charge >= 0.3 is 5.63 Å². The Hall–Kier alpha value is -2.27. The summed E-state index contributed by atoms with van der Waals surface area (Å²) in [6, 6.07) is 3.44. The number of aryl methyl sites for hydroxylation is 1. The van der Waals surface area contributed by atoms with E-state index >= 15 is 0 Å². The second kappa shape index (κ2) is 7.63. The molecule has 1 fully saturated rings. The Morgan fingerprint density at radius 3 is 2.75 bits per heavy atom. The standard InChI is InChI=1S/C23H29NO4/c1-4-7-16-14-20(25)27-19-15-18(26-13-12-24-10-5-6-11-24)17-8-9-23(2,3)28-22(17)21(16)19/h8-9,14-15H,4-7,10-13H2,1-3H3. The van der Waals surface area contributed by atoms with Gasteiger partial charge in [-0.15, -0.1) is 0 Å². The fourth-order valence-corrected chi connectivity index (χ4v) is 4.09. The molecule has 2 aliphatic rings. The smallest absolute Gasteiger partial charge is 0.336 e. The van der Waals surface area contributed by atoms with Crippen LogP contribution in [0.1, 0.15) is 51.2 Å². The summed E-state index contributed by atoms with van der Waals surface area (Å²) in [5, 5.41) is 0.890. The molecule has 3 heterocycles. The zero-order chi connectivity index (χ0) is 19.7. The molecule has 0 bridgehead atoms. The third kappa shape index (κ3) is 3.81. The van der Waals surface area contributed by atoms with Crippen molar-refractivity contribution in [3.8, 4) is 11.5 Å². The van der Waals surface area contributed by atoms with Crippen LogP contribution in [0.25, 0.3) is 17.0 Å². The van der Waals surface area contributed by atoms with Crippen molar-refractivity contribution in [1.82, 2.24) is 4.90 Å². The lowest BCUT2D eigenvalue weighted by molar-refractivity contribution is 0.159.